The van der Waals surface area contributed by atoms with Gasteiger partial charge in [-0.05, 0) is 34.1 Å². The van der Waals surface area contributed by atoms with E-state index in [-0.39, 0.29) is 25.3 Å². The van der Waals surface area contributed by atoms with E-state index >= 15 is 0 Å². The van der Waals surface area contributed by atoms with E-state index in [2.05, 4.69) is 21.0 Å². The fraction of sp³-hybridized carbons (Fsp3) is 0.250. The topological polar surface area (TPSA) is 44.9 Å². The van der Waals surface area contributed by atoms with Crippen LogP contribution in [0.1, 0.15) is 0 Å². The molecule has 8 heteroatoms. The molecule has 1 aromatic rings. The van der Waals surface area contributed by atoms with Crippen molar-refractivity contribution in [1.29, 1.82) is 0 Å². The molecule has 1 aromatic carbocycles. The smallest absolute Gasteiger partial charge is 0.272 e. The summed E-state index contributed by atoms with van der Waals surface area (Å²) in [6, 6.07) is 4.63. The first-order valence-electron chi connectivity index (χ1n) is 5.75. The van der Waals surface area contributed by atoms with Crippen molar-refractivity contribution in [3.8, 4) is 0 Å². The molecule has 1 aliphatic heterocycles. The third kappa shape index (κ3) is 3.31. The first kappa shape index (κ1) is 14.9. The predicted molar refractivity (Wildman–Crippen MR) is 74.9 cm³/mol. The van der Waals surface area contributed by atoms with Crippen molar-refractivity contribution in [2.75, 3.05) is 24.7 Å². The summed E-state index contributed by atoms with van der Waals surface area (Å²) in [4.78, 5) is 1.65. The van der Waals surface area contributed by atoms with Gasteiger partial charge in [0.25, 0.3) is 6.08 Å². The van der Waals surface area contributed by atoms with Crippen LogP contribution in [0.2, 0.25) is 0 Å². The molecule has 0 bridgehead atoms. The van der Waals surface area contributed by atoms with Gasteiger partial charge in [0, 0.05) is 17.8 Å². The van der Waals surface area contributed by atoms with E-state index in [1.54, 1.807) is 17.0 Å². The van der Waals surface area contributed by atoms with Crippen LogP contribution in [0.5, 0.6) is 0 Å². The Labute approximate surface area is 122 Å². The number of halogens is 4. The standard InChI is InChI=1S/C12H12BrF3N4/c13-10-2-1-9(3-11(10)14)19-6-18-20(7-19)5-8(4-17)12(15)16/h1-3,6H,4-5,7,17H2. The maximum absolute atomic E-state index is 13.4. The summed E-state index contributed by atoms with van der Waals surface area (Å²) in [6.45, 7) is -0.00996. The van der Waals surface area contributed by atoms with Gasteiger partial charge in [-0.3, -0.25) is 5.01 Å². The van der Waals surface area contributed by atoms with Crippen molar-refractivity contribution in [2.24, 2.45) is 10.8 Å². The Bertz CT molecular complexity index is 558. The van der Waals surface area contributed by atoms with Crippen molar-refractivity contribution in [3.05, 3.63) is 40.1 Å². The molecule has 0 fully saturated rings. The highest BCUT2D eigenvalue weighted by Gasteiger charge is 2.18. The van der Waals surface area contributed by atoms with E-state index in [0.29, 0.717) is 10.2 Å². The van der Waals surface area contributed by atoms with Crippen LogP contribution in [0.25, 0.3) is 0 Å². The van der Waals surface area contributed by atoms with Crippen molar-refractivity contribution in [1.82, 2.24) is 5.01 Å². The van der Waals surface area contributed by atoms with E-state index in [9.17, 15) is 13.2 Å². The quantitative estimate of drug-likeness (QED) is 0.909. The molecule has 1 aliphatic rings. The molecule has 0 spiro atoms. The van der Waals surface area contributed by atoms with Crippen LogP contribution in [0.3, 0.4) is 0 Å². The molecule has 0 aromatic heterocycles. The predicted octanol–water partition coefficient (Wildman–Crippen LogP) is 2.72. The number of nitrogens with zero attached hydrogens (tertiary/aromatic N) is 3. The maximum Gasteiger partial charge on any atom is 0.272 e. The van der Waals surface area contributed by atoms with Crippen molar-refractivity contribution < 1.29 is 13.2 Å². The molecular weight excluding hydrogens is 337 g/mol. The van der Waals surface area contributed by atoms with Crippen LogP contribution in [0.4, 0.5) is 18.9 Å². The normalized spacial score (nSPS) is 14.1. The van der Waals surface area contributed by atoms with E-state index in [4.69, 9.17) is 5.73 Å². The van der Waals surface area contributed by atoms with Gasteiger partial charge in [0.15, 0.2) is 0 Å². The summed E-state index contributed by atoms with van der Waals surface area (Å²) in [5.41, 5.74) is 5.68. The number of anilines is 1. The monoisotopic (exact) mass is 348 g/mol. The van der Waals surface area contributed by atoms with Gasteiger partial charge in [0.2, 0.25) is 0 Å². The average molecular weight is 349 g/mol. The van der Waals surface area contributed by atoms with Crippen LogP contribution < -0.4 is 10.6 Å². The Balaban J connectivity index is 2.04. The Morgan fingerprint density at radius 1 is 1.40 bits per heavy atom. The molecule has 4 nitrogen and oxygen atoms in total. The van der Waals surface area contributed by atoms with Gasteiger partial charge >= 0.3 is 0 Å². The van der Waals surface area contributed by atoms with Crippen molar-refractivity contribution >= 4 is 28.0 Å². The lowest BCUT2D eigenvalue weighted by atomic mass is 10.3. The first-order chi connectivity index (χ1) is 9.51. The Kier molecular flexibility index (Phi) is 4.66. The van der Waals surface area contributed by atoms with Crippen molar-refractivity contribution in [3.63, 3.8) is 0 Å². The number of hydrogen-bond acceptors (Lipinski definition) is 4. The number of nitrogens with two attached hydrogens (primary N) is 1. The van der Waals surface area contributed by atoms with E-state index < -0.39 is 11.9 Å². The molecular formula is C12H12BrF3N4. The second-order valence-corrected chi connectivity index (χ2v) is 5.03. The van der Waals surface area contributed by atoms with E-state index in [1.165, 1.54) is 17.4 Å². The lowest BCUT2D eigenvalue weighted by Crippen LogP contribution is -2.29. The Morgan fingerprint density at radius 2 is 2.15 bits per heavy atom. The molecule has 2 N–H and O–H groups in total. The molecule has 0 radical (unpaired) electrons. The van der Waals surface area contributed by atoms with Gasteiger partial charge in [0.1, 0.15) is 18.8 Å². The van der Waals surface area contributed by atoms with Crippen molar-refractivity contribution in [2.45, 2.75) is 0 Å². The summed E-state index contributed by atoms with van der Waals surface area (Å²) in [5, 5.41) is 5.42. The Hall–Kier alpha value is -1.54. The summed E-state index contributed by atoms with van der Waals surface area (Å²) in [7, 11) is 0. The summed E-state index contributed by atoms with van der Waals surface area (Å²) in [5.74, 6) is -0.397. The fourth-order valence-electron chi connectivity index (χ4n) is 1.71. The lowest BCUT2D eigenvalue weighted by Gasteiger charge is -2.19. The summed E-state index contributed by atoms with van der Waals surface area (Å²) < 4.78 is 38.9. The van der Waals surface area contributed by atoms with Gasteiger partial charge in [-0.15, -0.1) is 0 Å². The van der Waals surface area contributed by atoms with Gasteiger partial charge < -0.3 is 10.6 Å². The van der Waals surface area contributed by atoms with Crippen LogP contribution >= 0.6 is 15.9 Å². The highest BCUT2D eigenvalue weighted by Crippen LogP contribution is 2.23. The molecule has 0 saturated heterocycles. The summed E-state index contributed by atoms with van der Waals surface area (Å²) in [6.07, 6.45) is -0.316. The molecule has 1 heterocycles. The lowest BCUT2D eigenvalue weighted by molar-refractivity contribution is 0.326. The maximum atomic E-state index is 13.4. The van der Waals surface area contributed by atoms with Gasteiger partial charge in [-0.1, -0.05) is 0 Å². The van der Waals surface area contributed by atoms with Crippen LogP contribution in [0.15, 0.2) is 39.4 Å². The van der Waals surface area contributed by atoms with Gasteiger partial charge in [-0.25, -0.2) is 4.39 Å². The van der Waals surface area contributed by atoms with Crippen LogP contribution in [0, 0.1) is 5.82 Å². The van der Waals surface area contributed by atoms with E-state index in [0.717, 1.165) is 0 Å². The van der Waals surface area contributed by atoms with Crippen LogP contribution in [-0.4, -0.2) is 31.1 Å². The number of hydrazone groups is 1. The second-order valence-electron chi connectivity index (χ2n) is 4.17. The van der Waals surface area contributed by atoms with Gasteiger partial charge in [0.05, 0.1) is 11.0 Å². The third-order valence-electron chi connectivity index (χ3n) is 2.79. The minimum atomic E-state index is -1.78. The highest BCUT2D eigenvalue weighted by atomic mass is 79.9. The highest BCUT2D eigenvalue weighted by molar-refractivity contribution is 9.10. The number of rotatable bonds is 4. The fourth-order valence-corrected chi connectivity index (χ4v) is 1.96. The molecule has 0 aliphatic carbocycles. The molecule has 20 heavy (non-hydrogen) atoms. The average Bonchev–Trinajstić information content (AvgIpc) is 2.87. The third-order valence-corrected chi connectivity index (χ3v) is 3.43. The molecule has 0 saturated carbocycles. The molecule has 0 atom stereocenters. The van der Waals surface area contributed by atoms with E-state index in [1.807, 2.05) is 0 Å². The van der Waals surface area contributed by atoms with Gasteiger partial charge in [-0.2, -0.15) is 13.9 Å². The first-order valence-corrected chi connectivity index (χ1v) is 6.54. The zero-order chi connectivity index (χ0) is 14.7. The molecule has 108 valence electrons. The second kappa shape index (κ2) is 6.27. The molecule has 2 rings (SSSR count). The SMILES string of the molecule is NCC(CN1CN(c2ccc(Br)c(F)c2)C=N1)=C(F)F. The zero-order valence-corrected chi connectivity index (χ0v) is 11.9. The van der Waals surface area contributed by atoms with Crippen LogP contribution in [-0.2, 0) is 0 Å². The Morgan fingerprint density at radius 3 is 2.75 bits per heavy atom. The minimum Gasteiger partial charge on any atom is -0.327 e. The largest absolute Gasteiger partial charge is 0.327 e. The number of hydrogen-bond donors (Lipinski definition) is 1. The zero-order valence-electron chi connectivity index (χ0n) is 10.4. The summed E-state index contributed by atoms with van der Waals surface area (Å²) >= 11 is 3.07. The molecule has 0 unspecified atom stereocenters. The number of benzene rings is 1. The molecule has 0 amide bonds. The minimum absolute atomic E-state index is 0.0508.